The van der Waals surface area contributed by atoms with Gasteiger partial charge in [-0.15, -0.1) is 0 Å². The van der Waals surface area contributed by atoms with Gasteiger partial charge in [0.1, 0.15) is 42.0 Å². The first kappa shape index (κ1) is 33.7. The molecule has 0 spiro atoms. The minimum atomic E-state index is -1.99. The molecule has 0 aliphatic carbocycles. The highest BCUT2D eigenvalue weighted by Gasteiger charge is 2.46. The number of aromatic hydroxyl groups is 5. The third kappa shape index (κ3) is 6.45. The molecule has 5 atom stereocenters. The van der Waals surface area contributed by atoms with Crippen molar-refractivity contribution in [3.05, 3.63) is 64.3 Å². The highest BCUT2D eigenvalue weighted by Crippen LogP contribution is 2.44. The number of phenols is 5. The highest BCUT2D eigenvalue weighted by atomic mass is 16.7. The average Bonchev–Trinajstić information content (AvgIpc) is 3.06. The van der Waals surface area contributed by atoms with Gasteiger partial charge in [0, 0.05) is 17.7 Å². The van der Waals surface area contributed by atoms with Crippen molar-refractivity contribution in [2.24, 2.45) is 0 Å². The Balaban J connectivity index is 1.45. The number of benzene rings is 3. The minimum Gasteiger partial charge on any atom is -0.504 e. The number of methoxy groups -OCH3 is 2. The van der Waals surface area contributed by atoms with Crippen molar-refractivity contribution in [3.63, 3.8) is 0 Å². The number of carbonyl (C=O) groups is 1. The Bertz CT molecular complexity index is 1930. The van der Waals surface area contributed by atoms with Crippen LogP contribution >= 0.6 is 0 Å². The third-order valence-electron chi connectivity index (χ3n) is 7.40. The number of aliphatic hydroxyl groups is 3. The van der Waals surface area contributed by atoms with Crippen LogP contribution in [0.25, 0.3) is 28.4 Å². The van der Waals surface area contributed by atoms with Crippen LogP contribution in [0.15, 0.2) is 57.8 Å². The molecule has 0 saturated carbocycles. The Kier molecular flexibility index (Phi) is 9.53. The van der Waals surface area contributed by atoms with Gasteiger partial charge in [0.2, 0.25) is 23.2 Å². The van der Waals surface area contributed by atoms with E-state index in [1.54, 1.807) is 0 Å². The second-order valence-corrected chi connectivity index (χ2v) is 10.5. The molecule has 1 aliphatic heterocycles. The zero-order valence-electron chi connectivity index (χ0n) is 25.1. The van der Waals surface area contributed by atoms with E-state index in [4.69, 9.17) is 28.1 Å². The molecule has 4 aromatic rings. The summed E-state index contributed by atoms with van der Waals surface area (Å²) in [5, 5.41) is 82.0. The molecule has 0 radical (unpaired) electrons. The van der Waals surface area contributed by atoms with Gasteiger partial charge < -0.3 is 69.0 Å². The van der Waals surface area contributed by atoms with Gasteiger partial charge in [-0.2, -0.15) is 0 Å². The summed E-state index contributed by atoms with van der Waals surface area (Å²) < 4.78 is 32.2. The van der Waals surface area contributed by atoms with E-state index < -0.39 is 94.4 Å². The summed E-state index contributed by atoms with van der Waals surface area (Å²) in [6, 6.07) is 8.62. The van der Waals surface area contributed by atoms with Gasteiger partial charge in [-0.25, -0.2) is 4.79 Å². The molecule has 254 valence electrons. The monoisotopic (exact) mass is 670 g/mol. The van der Waals surface area contributed by atoms with E-state index in [0.717, 1.165) is 31.4 Å². The number of rotatable bonds is 9. The Morgan fingerprint density at radius 2 is 1.56 bits per heavy atom. The zero-order chi connectivity index (χ0) is 34.9. The summed E-state index contributed by atoms with van der Waals surface area (Å²) in [6.45, 7) is -0.658. The highest BCUT2D eigenvalue weighted by molar-refractivity contribution is 5.91. The molecule has 16 nitrogen and oxygen atoms in total. The summed E-state index contributed by atoms with van der Waals surface area (Å²) in [6.07, 6.45) is -6.74. The lowest BCUT2D eigenvalue weighted by molar-refractivity contribution is -0.278. The van der Waals surface area contributed by atoms with E-state index in [-0.39, 0.29) is 22.6 Å². The lowest BCUT2D eigenvalue weighted by Crippen LogP contribution is -2.60. The number of hydrogen-bond acceptors (Lipinski definition) is 16. The predicted molar refractivity (Wildman–Crippen MR) is 163 cm³/mol. The molecule has 1 saturated heterocycles. The van der Waals surface area contributed by atoms with Crippen LogP contribution in [0.2, 0.25) is 0 Å². The van der Waals surface area contributed by atoms with Crippen molar-refractivity contribution in [2.75, 3.05) is 20.8 Å². The first-order valence-corrected chi connectivity index (χ1v) is 14.0. The molecule has 8 N–H and O–H groups in total. The number of phenolic OH excluding ortho intramolecular Hbond substituents is 5. The lowest BCUT2D eigenvalue weighted by Gasteiger charge is -2.39. The number of carbonyl (C=O) groups excluding carboxylic acids is 1. The molecule has 1 aliphatic rings. The van der Waals surface area contributed by atoms with Crippen molar-refractivity contribution >= 4 is 23.0 Å². The quantitative estimate of drug-likeness (QED) is 0.0712. The Labute approximate surface area is 270 Å². The van der Waals surface area contributed by atoms with Crippen molar-refractivity contribution < 1.29 is 73.7 Å². The van der Waals surface area contributed by atoms with Crippen molar-refractivity contribution in [3.8, 4) is 57.3 Å². The molecular weight excluding hydrogens is 640 g/mol. The SMILES string of the molecule is COc1cc(C=CC(=O)OCC2OC(Oc3c(-c4ccc(O)c(O)c4)oc4cc(O)c(OC)c(O)c4c3=O)C(O)C(O)C2O)ccc1O. The second kappa shape index (κ2) is 13.6. The van der Waals surface area contributed by atoms with Crippen LogP contribution in [-0.2, 0) is 14.3 Å². The van der Waals surface area contributed by atoms with Gasteiger partial charge in [-0.1, -0.05) is 6.07 Å². The molecule has 16 heteroatoms. The summed E-state index contributed by atoms with van der Waals surface area (Å²) in [4.78, 5) is 26.2. The maximum atomic E-state index is 13.8. The van der Waals surface area contributed by atoms with Gasteiger partial charge in [-0.05, 0) is 42.0 Å². The standard InChI is InChI=1S/C32H30O16/c1-43-19-9-13(3-6-16(19)34)4-8-22(37)45-12-21-24(38)27(41)28(42)32(47-21)48-31-26(40)23-20(11-18(36)30(44-2)25(23)39)46-29(31)14-5-7-15(33)17(35)10-14/h3-11,21,24,27-28,32-36,38-39,41-42H,12H2,1-2H3. The van der Waals surface area contributed by atoms with Gasteiger partial charge in [0.15, 0.2) is 40.3 Å². The topological polar surface area (TPSA) is 255 Å². The van der Waals surface area contributed by atoms with E-state index in [2.05, 4.69) is 0 Å². The molecule has 5 unspecified atom stereocenters. The van der Waals surface area contributed by atoms with Crippen LogP contribution in [0.3, 0.4) is 0 Å². The number of fused-ring (bicyclic) bond motifs is 1. The van der Waals surface area contributed by atoms with Gasteiger partial charge in [-0.3, -0.25) is 4.79 Å². The van der Waals surface area contributed by atoms with Gasteiger partial charge >= 0.3 is 5.97 Å². The van der Waals surface area contributed by atoms with Gasteiger partial charge in [0.05, 0.1) is 14.2 Å². The van der Waals surface area contributed by atoms with Crippen LogP contribution in [0.1, 0.15) is 5.56 Å². The van der Waals surface area contributed by atoms with Crippen molar-refractivity contribution in [1.82, 2.24) is 0 Å². The molecule has 1 fully saturated rings. The summed E-state index contributed by atoms with van der Waals surface area (Å²) in [7, 11) is 2.48. The van der Waals surface area contributed by atoms with Crippen LogP contribution in [0.4, 0.5) is 0 Å². The molecule has 1 aromatic heterocycles. The Morgan fingerprint density at radius 3 is 2.25 bits per heavy atom. The third-order valence-corrected chi connectivity index (χ3v) is 7.40. The number of esters is 1. The predicted octanol–water partition coefficient (Wildman–Crippen LogP) is 1.45. The summed E-state index contributed by atoms with van der Waals surface area (Å²) >= 11 is 0. The van der Waals surface area contributed by atoms with Crippen LogP contribution in [-0.4, -0.2) is 98.4 Å². The molecule has 0 bridgehead atoms. The molecule has 0 amide bonds. The smallest absolute Gasteiger partial charge is 0.330 e. The fourth-order valence-corrected chi connectivity index (χ4v) is 4.89. The maximum absolute atomic E-state index is 13.8. The summed E-state index contributed by atoms with van der Waals surface area (Å²) in [5.41, 5.74) is -1.00. The molecule has 2 heterocycles. The van der Waals surface area contributed by atoms with E-state index in [1.807, 2.05) is 0 Å². The first-order chi connectivity index (χ1) is 22.8. The van der Waals surface area contributed by atoms with E-state index in [1.165, 1.54) is 37.5 Å². The largest absolute Gasteiger partial charge is 0.504 e. The van der Waals surface area contributed by atoms with Crippen LogP contribution in [0.5, 0.6) is 46.0 Å². The Hall–Kier alpha value is -5.68. The fraction of sp³-hybridized carbons (Fsp3) is 0.250. The minimum absolute atomic E-state index is 0.0523. The number of ether oxygens (including phenoxy) is 5. The molecule has 48 heavy (non-hydrogen) atoms. The van der Waals surface area contributed by atoms with E-state index in [9.17, 15) is 50.4 Å². The Morgan fingerprint density at radius 1 is 0.833 bits per heavy atom. The zero-order valence-corrected chi connectivity index (χ0v) is 25.1. The number of aliphatic hydroxyl groups excluding tert-OH is 3. The normalized spacial score (nSPS) is 20.9. The van der Waals surface area contributed by atoms with Crippen LogP contribution < -0.4 is 19.6 Å². The van der Waals surface area contributed by atoms with E-state index in [0.29, 0.717) is 5.56 Å². The lowest BCUT2D eigenvalue weighted by atomic mass is 9.99. The maximum Gasteiger partial charge on any atom is 0.330 e. The summed E-state index contributed by atoms with van der Waals surface area (Å²) in [5.74, 6) is -5.00. The molecule has 3 aromatic carbocycles. The van der Waals surface area contributed by atoms with Crippen LogP contribution in [0, 0.1) is 0 Å². The van der Waals surface area contributed by atoms with E-state index >= 15 is 0 Å². The van der Waals surface area contributed by atoms with Gasteiger partial charge in [0.25, 0.3) is 0 Å². The molecule has 5 rings (SSSR count). The van der Waals surface area contributed by atoms with Crippen molar-refractivity contribution in [1.29, 1.82) is 0 Å². The first-order valence-electron chi connectivity index (χ1n) is 14.0. The van der Waals surface area contributed by atoms with Crippen molar-refractivity contribution in [2.45, 2.75) is 30.7 Å². The fourth-order valence-electron chi connectivity index (χ4n) is 4.89. The number of hydrogen-bond donors (Lipinski definition) is 8. The second-order valence-electron chi connectivity index (χ2n) is 10.5. The molecular formula is C32H30O16. The average molecular weight is 671 g/mol.